The van der Waals surface area contributed by atoms with Crippen LogP contribution in [0.3, 0.4) is 0 Å². The van der Waals surface area contributed by atoms with Gasteiger partial charge in [0, 0.05) is 26.1 Å². The molecule has 0 aliphatic heterocycles. The fourth-order valence-corrected chi connectivity index (χ4v) is 4.05. The van der Waals surface area contributed by atoms with Gasteiger partial charge in [-0.3, -0.25) is 14.2 Å². The lowest BCUT2D eigenvalue weighted by Crippen LogP contribution is -2.34. The number of fused-ring (bicyclic) bond motifs is 1. The van der Waals surface area contributed by atoms with E-state index in [4.69, 9.17) is 9.47 Å². The number of hydrogen-bond acceptors (Lipinski definition) is 7. The largest absolute Gasteiger partial charge is 0.493 e. The summed E-state index contributed by atoms with van der Waals surface area (Å²) in [6, 6.07) is 9.21. The molecule has 1 aromatic carbocycles. The normalized spacial score (nSPS) is 10.8. The number of carbonyl (C=O) groups is 1. The molecule has 1 amide bonds. The van der Waals surface area contributed by atoms with Gasteiger partial charge in [0.25, 0.3) is 5.56 Å². The van der Waals surface area contributed by atoms with Gasteiger partial charge in [-0.05, 0) is 37.4 Å². The smallest absolute Gasteiger partial charge is 0.272 e. The van der Waals surface area contributed by atoms with E-state index in [1.807, 2.05) is 54.5 Å². The van der Waals surface area contributed by atoms with E-state index in [-0.39, 0.29) is 24.4 Å². The molecule has 0 fully saturated rings. The van der Waals surface area contributed by atoms with Crippen molar-refractivity contribution in [2.75, 3.05) is 38.3 Å². The summed E-state index contributed by atoms with van der Waals surface area (Å²) in [6.07, 6.45) is 0.182. The molecule has 2 aromatic heterocycles. The van der Waals surface area contributed by atoms with Crippen LogP contribution in [0.1, 0.15) is 20.3 Å². The minimum Gasteiger partial charge on any atom is -0.493 e. The second kappa shape index (κ2) is 10.8. The number of amides is 1. The Morgan fingerprint density at radius 2 is 1.94 bits per heavy atom. The number of methoxy groups -OCH3 is 1. The van der Waals surface area contributed by atoms with Crippen molar-refractivity contribution < 1.29 is 14.3 Å². The molecule has 0 aliphatic rings. The van der Waals surface area contributed by atoms with Crippen LogP contribution in [0.5, 0.6) is 11.5 Å². The molecular formula is C22H28N4O4S. The van der Waals surface area contributed by atoms with Crippen molar-refractivity contribution in [2.24, 2.45) is 0 Å². The summed E-state index contributed by atoms with van der Waals surface area (Å²) < 4.78 is 13.1. The summed E-state index contributed by atoms with van der Waals surface area (Å²) in [5, 5.41) is 4.70. The maximum absolute atomic E-state index is 13.0. The Balaban J connectivity index is 1.60. The first-order chi connectivity index (χ1) is 15.1. The predicted molar refractivity (Wildman–Crippen MR) is 124 cm³/mol. The van der Waals surface area contributed by atoms with Crippen LogP contribution in [0, 0.1) is 0 Å². The standard InChI is InChI=1S/C22H28N4O4S/c1-4-25(5-2)22-24-16-11-15-31-20(16)21(28)26(22)13-10-19(27)23-12-14-30-18-9-7-6-8-17(18)29-3/h6-9,11,15H,4-5,10,12-14H2,1-3H3,(H,23,27). The van der Waals surface area contributed by atoms with Crippen molar-refractivity contribution in [3.05, 3.63) is 46.1 Å². The van der Waals surface area contributed by atoms with E-state index >= 15 is 0 Å². The molecule has 31 heavy (non-hydrogen) atoms. The number of rotatable bonds is 11. The van der Waals surface area contributed by atoms with Gasteiger partial charge in [0.15, 0.2) is 11.5 Å². The van der Waals surface area contributed by atoms with E-state index in [0.717, 1.165) is 13.1 Å². The van der Waals surface area contributed by atoms with E-state index in [9.17, 15) is 9.59 Å². The van der Waals surface area contributed by atoms with E-state index in [1.165, 1.54) is 11.3 Å². The van der Waals surface area contributed by atoms with Crippen molar-refractivity contribution >= 4 is 33.4 Å². The van der Waals surface area contributed by atoms with Crippen molar-refractivity contribution in [1.82, 2.24) is 14.9 Å². The van der Waals surface area contributed by atoms with Crippen molar-refractivity contribution in [3.63, 3.8) is 0 Å². The molecule has 1 N–H and O–H groups in total. The molecule has 8 nitrogen and oxygen atoms in total. The number of nitrogens with one attached hydrogen (secondary N) is 1. The third-order valence-electron chi connectivity index (χ3n) is 4.91. The summed E-state index contributed by atoms with van der Waals surface area (Å²) in [6.45, 7) is 6.44. The highest BCUT2D eigenvalue weighted by atomic mass is 32.1. The first-order valence-electron chi connectivity index (χ1n) is 10.3. The van der Waals surface area contributed by atoms with E-state index in [2.05, 4.69) is 10.3 Å². The van der Waals surface area contributed by atoms with Crippen molar-refractivity contribution in [3.8, 4) is 11.5 Å². The number of hydrogen-bond donors (Lipinski definition) is 1. The van der Waals surface area contributed by atoms with Gasteiger partial charge in [-0.25, -0.2) is 4.98 Å². The minimum absolute atomic E-state index is 0.103. The second-order valence-corrected chi connectivity index (χ2v) is 7.69. The number of thiophene rings is 1. The average Bonchev–Trinajstić information content (AvgIpc) is 3.26. The highest BCUT2D eigenvalue weighted by Crippen LogP contribution is 2.25. The minimum atomic E-state index is -0.146. The van der Waals surface area contributed by atoms with E-state index in [1.54, 1.807) is 11.7 Å². The zero-order chi connectivity index (χ0) is 22.2. The molecule has 166 valence electrons. The van der Waals surface area contributed by atoms with Crippen LogP contribution >= 0.6 is 11.3 Å². The maximum atomic E-state index is 13.0. The van der Waals surface area contributed by atoms with Crippen LogP contribution in [-0.4, -0.2) is 48.8 Å². The monoisotopic (exact) mass is 444 g/mol. The molecule has 3 rings (SSSR count). The fraction of sp³-hybridized carbons (Fsp3) is 0.409. The van der Waals surface area contributed by atoms with Crippen LogP contribution in [0.2, 0.25) is 0 Å². The number of ether oxygens (including phenoxy) is 2. The fourth-order valence-electron chi connectivity index (χ4n) is 3.27. The quantitative estimate of drug-likeness (QED) is 0.458. The molecule has 2 heterocycles. The van der Waals surface area contributed by atoms with Gasteiger partial charge in [0.05, 0.1) is 19.2 Å². The Morgan fingerprint density at radius 1 is 1.19 bits per heavy atom. The summed E-state index contributed by atoms with van der Waals surface area (Å²) >= 11 is 1.37. The maximum Gasteiger partial charge on any atom is 0.272 e. The van der Waals surface area contributed by atoms with E-state index < -0.39 is 0 Å². The third kappa shape index (κ3) is 5.35. The highest BCUT2D eigenvalue weighted by Gasteiger charge is 2.16. The topological polar surface area (TPSA) is 85.7 Å². The molecule has 0 bridgehead atoms. The van der Waals surface area contributed by atoms with Crippen LogP contribution in [-0.2, 0) is 11.3 Å². The zero-order valence-electron chi connectivity index (χ0n) is 18.1. The third-order valence-corrected chi connectivity index (χ3v) is 5.80. The Bertz CT molecular complexity index is 1070. The Morgan fingerprint density at radius 3 is 2.65 bits per heavy atom. The molecule has 0 aliphatic carbocycles. The molecule has 0 saturated heterocycles. The molecular weight excluding hydrogens is 416 g/mol. The summed E-state index contributed by atoms with van der Waals surface area (Å²) in [4.78, 5) is 32.0. The van der Waals surface area contributed by atoms with Crippen molar-refractivity contribution in [2.45, 2.75) is 26.8 Å². The molecule has 0 radical (unpaired) electrons. The van der Waals surface area contributed by atoms with Crippen LogP contribution in [0.25, 0.3) is 10.2 Å². The molecule has 9 heteroatoms. The van der Waals surface area contributed by atoms with Crippen LogP contribution < -0.4 is 25.2 Å². The summed E-state index contributed by atoms with van der Waals surface area (Å²) in [7, 11) is 1.58. The Labute approximate surface area is 185 Å². The van der Waals surface area contributed by atoms with Crippen molar-refractivity contribution in [1.29, 1.82) is 0 Å². The number of aromatic nitrogens is 2. The Kier molecular flexibility index (Phi) is 7.88. The lowest BCUT2D eigenvalue weighted by Gasteiger charge is -2.23. The number of para-hydroxylation sites is 2. The van der Waals surface area contributed by atoms with Gasteiger partial charge in [0.1, 0.15) is 11.3 Å². The van der Waals surface area contributed by atoms with Gasteiger partial charge in [0.2, 0.25) is 11.9 Å². The highest BCUT2D eigenvalue weighted by molar-refractivity contribution is 7.17. The number of anilines is 1. The predicted octanol–water partition coefficient (Wildman–Crippen LogP) is 2.90. The molecule has 0 atom stereocenters. The SMILES string of the molecule is CCN(CC)c1nc2ccsc2c(=O)n1CCC(=O)NCCOc1ccccc1OC. The number of nitrogens with zero attached hydrogens (tertiary/aromatic N) is 3. The first-order valence-corrected chi connectivity index (χ1v) is 11.2. The number of benzene rings is 1. The summed E-state index contributed by atoms with van der Waals surface area (Å²) in [5.41, 5.74) is 0.597. The van der Waals surface area contributed by atoms with Gasteiger partial charge < -0.3 is 19.7 Å². The average molecular weight is 445 g/mol. The van der Waals surface area contributed by atoms with Gasteiger partial charge in [-0.1, -0.05) is 12.1 Å². The van der Waals surface area contributed by atoms with Gasteiger partial charge >= 0.3 is 0 Å². The second-order valence-electron chi connectivity index (χ2n) is 6.78. The molecule has 0 saturated carbocycles. The van der Waals surface area contributed by atoms with Crippen LogP contribution in [0.4, 0.5) is 5.95 Å². The van der Waals surface area contributed by atoms with Gasteiger partial charge in [-0.15, -0.1) is 11.3 Å². The number of carbonyl (C=O) groups excluding carboxylic acids is 1. The summed E-state index contributed by atoms with van der Waals surface area (Å²) in [5.74, 6) is 1.74. The first kappa shape index (κ1) is 22.6. The lowest BCUT2D eigenvalue weighted by molar-refractivity contribution is -0.121. The Hall–Kier alpha value is -3.07. The van der Waals surface area contributed by atoms with Gasteiger partial charge in [-0.2, -0.15) is 0 Å². The van der Waals surface area contributed by atoms with Crippen LogP contribution in [0.15, 0.2) is 40.5 Å². The lowest BCUT2D eigenvalue weighted by atomic mass is 10.3. The zero-order valence-corrected chi connectivity index (χ0v) is 18.9. The van der Waals surface area contributed by atoms with E-state index in [0.29, 0.717) is 40.8 Å². The molecule has 3 aromatic rings. The molecule has 0 unspecified atom stereocenters. The molecule has 0 spiro atoms.